The molecule has 2 aliphatic rings. The van der Waals surface area contributed by atoms with Gasteiger partial charge in [0.2, 0.25) is 0 Å². The van der Waals surface area contributed by atoms with Gasteiger partial charge in [-0.25, -0.2) is 4.79 Å². The average molecular weight is 424 g/mol. The van der Waals surface area contributed by atoms with Crippen LogP contribution in [0, 0.1) is 6.92 Å². The summed E-state index contributed by atoms with van der Waals surface area (Å²) in [7, 11) is 3.37. The molecule has 1 N–H and O–H groups in total. The Hall–Kier alpha value is -2.73. The highest BCUT2D eigenvalue weighted by Gasteiger charge is 2.45. The number of hydrogen-bond donors (Lipinski definition) is 1. The highest BCUT2D eigenvalue weighted by atomic mass is 16.5. The van der Waals surface area contributed by atoms with Crippen molar-refractivity contribution in [3.8, 4) is 11.5 Å². The van der Waals surface area contributed by atoms with E-state index in [-0.39, 0.29) is 11.4 Å². The Morgan fingerprint density at radius 2 is 1.77 bits per heavy atom. The normalized spacial score (nSPS) is 17.8. The number of hydrogen-bond acceptors (Lipinski definition) is 4. The van der Waals surface area contributed by atoms with Crippen LogP contribution in [0.3, 0.4) is 0 Å². The summed E-state index contributed by atoms with van der Waals surface area (Å²) in [6.45, 7) is 6.82. The van der Waals surface area contributed by atoms with Crippen LogP contribution in [-0.2, 0) is 12.0 Å². The molecule has 4 rings (SSSR count). The van der Waals surface area contributed by atoms with Crippen LogP contribution in [-0.4, -0.2) is 62.8 Å². The summed E-state index contributed by atoms with van der Waals surface area (Å²) in [6.07, 6.45) is 2.29. The number of nitrogens with zero attached hydrogens (tertiary/aromatic N) is 2. The molecule has 0 atom stereocenters. The van der Waals surface area contributed by atoms with Gasteiger partial charge in [-0.05, 0) is 49.1 Å². The first kappa shape index (κ1) is 21.5. The van der Waals surface area contributed by atoms with E-state index in [1.807, 2.05) is 23.1 Å². The predicted molar refractivity (Wildman–Crippen MR) is 122 cm³/mol. The fraction of sp³-hybridized carbons (Fsp3) is 0.480. The molecule has 1 aliphatic heterocycles. The largest absolute Gasteiger partial charge is 0.497 e. The summed E-state index contributed by atoms with van der Waals surface area (Å²) in [5.41, 5.74) is 3.93. The molecule has 1 aliphatic carbocycles. The van der Waals surface area contributed by atoms with Crippen LogP contribution >= 0.6 is 0 Å². The second-order valence-electron chi connectivity index (χ2n) is 8.69. The third-order valence-electron chi connectivity index (χ3n) is 6.69. The van der Waals surface area contributed by atoms with Gasteiger partial charge in [0.15, 0.2) is 0 Å². The van der Waals surface area contributed by atoms with Crippen LogP contribution in [0.25, 0.3) is 0 Å². The third-order valence-corrected chi connectivity index (χ3v) is 6.69. The quantitative estimate of drug-likeness (QED) is 0.740. The number of aryl methyl sites for hydroxylation is 1. The molecule has 2 aromatic carbocycles. The molecule has 0 spiro atoms. The van der Waals surface area contributed by atoms with Gasteiger partial charge in [0, 0.05) is 50.2 Å². The van der Waals surface area contributed by atoms with Gasteiger partial charge in [0.1, 0.15) is 11.5 Å². The Morgan fingerprint density at radius 3 is 2.42 bits per heavy atom. The van der Waals surface area contributed by atoms with Crippen molar-refractivity contribution in [2.75, 3.05) is 46.9 Å². The molecule has 0 radical (unpaired) electrons. The first-order chi connectivity index (χ1) is 15.0. The number of piperazine rings is 1. The number of ether oxygens (including phenoxy) is 2. The Kier molecular flexibility index (Phi) is 6.37. The van der Waals surface area contributed by atoms with Gasteiger partial charge >= 0.3 is 6.03 Å². The molecule has 166 valence electrons. The van der Waals surface area contributed by atoms with Crippen molar-refractivity contribution < 1.29 is 14.3 Å². The first-order valence-electron chi connectivity index (χ1n) is 11.1. The Labute approximate surface area is 185 Å². The van der Waals surface area contributed by atoms with Gasteiger partial charge in [-0.3, -0.25) is 4.90 Å². The van der Waals surface area contributed by atoms with Crippen LogP contribution in [0.1, 0.15) is 29.5 Å². The molecule has 2 amide bonds. The first-order valence-corrected chi connectivity index (χ1v) is 11.1. The lowest BCUT2D eigenvalue weighted by atomic mass is 9.92. The monoisotopic (exact) mass is 423 g/mol. The summed E-state index contributed by atoms with van der Waals surface area (Å²) in [4.78, 5) is 17.1. The van der Waals surface area contributed by atoms with Crippen molar-refractivity contribution in [1.29, 1.82) is 0 Å². The molecule has 1 heterocycles. The number of rotatable bonds is 7. The van der Waals surface area contributed by atoms with Crippen LogP contribution in [0.15, 0.2) is 42.5 Å². The zero-order chi connectivity index (χ0) is 21.8. The molecule has 31 heavy (non-hydrogen) atoms. The van der Waals surface area contributed by atoms with E-state index in [4.69, 9.17) is 9.47 Å². The van der Waals surface area contributed by atoms with Crippen LogP contribution in [0.5, 0.6) is 11.5 Å². The fourth-order valence-corrected chi connectivity index (χ4v) is 4.57. The lowest BCUT2D eigenvalue weighted by Gasteiger charge is -2.35. The smallest absolute Gasteiger partial charge is 0.317 e. The maximum atomic E-state index is 12.8. The Balaban J connectivity index is 1.28. The summed E-state index contributed by atoms with van der Waals surface area (Å²) in [6, 6.07) is 14.5. The second kappa shape index (κ2) is 9.18. The standard InChI is InChI=1S/C25H33N3O3/c1-19-6-4-5-7-22(19)25(10-11-25)18-26-24(29)28-14-12-27(13-15-28)17-20-16-21(30-2)8-9-23(20)31-3/h4-9,16H,10-15,17-18H2,1-3H3,(H,26,29). The minimum Gasteiger partial charge on any atom is -0.497 e. The third kappa shape index (κ3) is 4.79. The van der Waals surface area contributed by atoms with Crippen molar-refractivity contribution in [1.82, 2.24) is 15.1 Å². The summed E-state index contributed by atoms with van der Waals surface area (Å²) in [5.74, 6) is 1.70. The van der Waals surface area contributed by atoms with Crippen LogP contribution in [0.4, 0.5) is 4.79 Å². The topological polar surface area (TPSA) is 54.0 Å². The maximum Gasteiger partial charge on any atom is 0.317 e. The molecule has 0 bridgehead atoms. The number of methoxy groups -OCH3 is 2. The molecule has 2 fully saturated rings. The molecule has 2 aromatic rings. The van der Waals surface area contributed by atoms with Gasteiger partial charge in [-0.1, -0.05) is 24.3 Å². The van der Waals surface area contributed by atoms with Crippen LogP contribution < -0.4 is 14.8 Å². The van der Waals surface area contributed by atoms with Gasteiger partial charge < -0.3 is 19.7 Å². The van der Waals surface area contributed by atoms with Crippen molar-refractivity contribution in [3.63, 3.8) is 0 Å². The highest BCUT2D eigenvalue weighted by Crippen LogP contribution is 2.48. The van der Waals surface area contributed by atoms with E-state index in [1.54, 1.807) is 14.2 Å². The molecule has 6 heteroatoms. The number of amides is 2. The highest BCUT2D eigenvalue weighted by molar-refractivity contribution is 5.74. The van der Waals surface area contributed by atoms with Crippen molar-refractivity contribution in [3.05, 3.63) is 59.2 Å². The van der Waals surface area contributed by atoms with Crippen molar-refractivity contribution >= 4 is 6.03 Å². The van der Waals surface area contributed by atoms with E-state index >= 15 is 0 Å². The van der Waals surface area contributed by atoms with E-state index in [1.165, 1.54) is 11.1 Å². The number of nitrogens with one attached hydrogen (secondary N) is 1. The molecular formula is C25H33N3O3. The molecular weight excluding hydrogens is 390 g/mol. The van der Waals surface area contributed by atoms with Gasteiger partial charge in [-0.15, -0.1) is 0 Å². The average Bonchev–Trinajstić information content (AvgIpc) is 3.59. The maximum absolute atomic E-state index is 12.8. The van der Waals surface area contributed by atoms with Crippen molar-refractivity contribution in [2.24, 2.45) is 0 Å². The predicted octanol–water partition coefficient (Wildman–Crippen LogP) is 3.57. The molecule has 0 unspecified atom stereocenters. The zero-order valence-corrected chi connectivity index (χ0v) is 18.8. The second-order valence-corrected chi connectivity index (χ2v) is 8.69. The molecule has 1 saturated carbocycles. The van der Waals surface area contributed by atoms with Gasteiger partial charge in [0.25, 0.3) is 0 Å². The zero-order valence-electron chi connectivity index (χ0n) is 18.8. The molecule has 0 aromatic heterocycles. The summed E-state index contributed by atoms with van der Waals surface area (Å²) < 4.78 is 10.9. The minimum absolute atomic E-state index is 0.0541. The van der Waals surface area contributed by atoms with E-state index in [0.717, 1.165) is 69.2 Å². The summed E-state index contributed by atoms with van der Waals surface area (Å²) >= 11 is 0. The van der Waals surface area contributed by atoms with Gasteiger partial charge in [-0.2, -0.15) is 0 Å². The lowest BCUT2D eigenvalue weighted by molar-refractivity contribution is 0.134. The van der Waals surface area contributed by atoms with E-state index in [2.05, 4.69) is 41.4 Å². The number of carbonyl (C=O) groups excluding carboxylic acids is 1. The lowest BCUT2D eigenvalue weighted by Crippen LogP contribution is -2.52. The number of carbonyl (C=O) groups is 1. The van der Waals surface area contributed by atoms with Gasteiger partial charge in [0.05, 0.1) is 14.2 Å². The van der Waals surface area contributed by atoms with E-state index in [0.29, 0.717) is 0 Å². The van der Waals surface area contributed by atoms with Crippen molar-refractivity contribution in [2.45, 2.75) is 31.7 Å². The van der Waals surface area contributed by atoms with E-state index in [9.17, 15) is 4.79 Å². The molecule has 6 nitrogen and oxygen atoms in total. The van der Waals surface area contributed by atoms with Crippen LogP contribution in [0.2, 0.25) is 0 Å². The fourth-order valence-electron chi connectivity index (χ4n) is 4.57. The number of urea groups is 1. The Bertz CT molecular complexity index is 918. The Morgan fingerprint density at radius 1 is 1.03 bits per heavy atom. The molecule has 1 saturated heterocycles. The van der Waals surface area contributed by atoms with E-state index < -0.39 is 0 Å². The SMILES string of the molecule is COc1ccc(OC)c(CN2CCN(C(=O)NCC3(c4ccccc4C)CC3)CC2)c1. The summed E-state index contributed by atoms with van der Waals surface area (Å²) in [5, 5.41) is 3.21. The minimum atomic E-state index is 0.0541. The number of benzene rings is 2.